The van der Waals surface area contributed by atoms with Crippen LogP contribution >= 0.6 is 0 Å². The molecule has 0 spiro atoms. The minimum atomic E-state index is -0.809. The van der Waals surface area contributed by atoms with Crippen LogP contribution in [0.3, 0.4) is 0 Å². The van der Waals surface area contributed by atoms with Gasteiger partial charge in [-0.15, -0.1) is 0 Å². The Bertz CT molecular complexity index is 672. The predicted molar refractivity (Wildman–Crippen MR) is 87.2 cm³/mol. The van der Waals surface area contributed by atoms with E-state index in [4.69, 9.17) is 0 Å². The average Bonchev–Trinajstić information content (AvgIpc) is 2.82. The highest BCUT2D eigenvalue weighted by Crippen LogP contribution is 2.60. The van der Waals surface area contributed by atoms with Gasteiger partial charge in [0.1, 0.15) is 0 Å². The number of benzene rings is 1. The van der Waals surface area contributed by atoms with Crippen LogP contribution in [0, 0.1) is 17.3 Å². The minimum Gasteiger partial charge on any atom is -0.478 e. The summed E-state index contributed by atoms with van der Waals surface area (Å²) < 4.78 is 0. The second kappa shape index (κ2) is 4.71. The maximum Gasteiger partial charge on any atom is 0.335 e. The lowest BCUT2D eigenvalue weighted by atomic mass is 9.54. The molecule has 22 heavy (non-hydrogen) atoms. The number of aryl methyl sites for hydroxylation is 1. The Labute approximate surface area is 132 Å². The molecule has 1 N–H and O–H groups in total. The summed E-state index contributed by atoms with van der Waals surface area (Å²) >= 11 is 0. The maximum absolute atomic E-state index is 11.2. The van der Waals surface area contributed by atoms with E-state index < -0.39 is 5.97 Å². The standard InChI is InChI=1S/C20H24O2/c1-12-3-8-18-17-7-4-13-11-14(19(21)22)5-6-15(13)16(17)9-10-20(12,18)2/h3,5-6,11,16-18H,4,7-10H2,1-2H3,(H,21,22)/t16-,17-,18+,20-/m1/s1. The fourth-order valence-corrected chi connectivity index (χ4v) is 5.50. The SMILES string of the molecule is CC1=CC[C@H]2[C@@H]3CCc4cc(C(=O)O)ccc4[C@H]3CC[C@]12C. The van der Waals surface area contributed by atoms with Gasteiger partial charge in [0.25, 0.3) is 0 Å². The van der Waals surface area contributed by atoms with Gasteiger partial charge in [-0.05, 0) is 85.5 Å². The van der Waals surface area contributed by atoms with Crippen molar-refractivity contribution in [1.29, 1.82) is 0 Å². The second-order valence-corrected chi connectivity index (χ2v) is 7.71. The first-order valence-corrected chi connectivity index (χ1v) is 8.54. The van der Waals surface area contributed by atoms with E-state index in [1.54, 1.807) is 11.6 Å². The number of carboxylic acid groups (broad SMARTS) is 1. The molecule has 1 aromatic rings. The predicted octanol–water partition coefficient (Wildman–Crippen LogP) is 4.80. The lowest BCUT2D eigenvalue weighted by Gasteiger charge is -2.50. The van der Waals surface area contributed by atoms with E-state index in [1.807, 2.05) is 6.07 Å². The zero-order chi connectivity index (χ0) is 15.5. The summed E-state index contributed by atoms with van der Waals surface area (Å²) in [4.78, 5) is 11.2. The smallest absolute Gasteiger partial charge is 0.335 e. The molecule has 3 aliphatic rings. The average molecular weight is 296 g/mol. The zero-order valence-electron chi connectivity index (χ0n) is 13.4. The van der Waals surface area contributed by atoms with Crippen molar-refractivity contribution >= 4 is 5.97 Å². The van der Waals surface area contributed by atoms with Gasteiger partial charge in [0.05, 0.1) is 5.56 Å². The van der Waals surface area contributed by atoms with Crippen LogP contribution in [0.5, 0.6) is 0 Å². The molecule has 0 aliphatic heterocycles. The highest BCUT2D eigenvalue weighted by molar-refractivity contribution is 5.88. The third-order valence-corrected chi connectivity index (χ3v) is 6.94. The molecule has 2 heteroatoms. The molecule has 1 fully saturated rings. The van der Waals surface area contributed by atoms with Gasteiger partial charge in [-0.2, -0.15) is 0 Å². The summed E-state index contributed by atoms with van der Waals surface area (Å²) in [6.45, 7) is 4.78. The van der Waals surface area contributed by atoms with Crippen molar-refractivity contribution in [3.8, 4) is 0 Å². The van der Waals surface area contributed by atoms with Gasteiger partial charge in [-0.25, -0.2) is 4.79 Å². The molecule has 4 atom stereocenters. The van der Waals surface area contributed by atoms with Gasteiger partial charge in [-0.3, -0.25) is 0 Å². The van der Waals surface area contributed by atoms with Crippen LogP contribution in [-0.4, -0.2) is 11.1 Å². The first-order chi connectivity index (χ1) is 10.5. The molecule has 0 amide bonds. The van der Waals surface area contributed by atoms with Crippen molar-refractivity contribution in [1.82, 2.24) is 0 Å². The third kappa shape index (κ3) is 1.82. The molecule has 116 valence electrons. The van der Waals surface area contributed by atoms with Crippen LogP contribution < -0.4 is 0 Å². The molecule has 1 aromatic carbocycles. The van der Waals surface area contributed by atoms with Crippen LogP contribution in [0.25, 0.3) is 0 Å². The fourth-order valence-electron chi connectivity index (χ4n) is 5.50. The van der Waals surface area contributed by atoms with Gasteiger partial charge >= 0.3 is 5.97 Å². The molecular formula is C20H24O2. The summed E-state index contributed by atoms with van der Waals surface area (Å²) in [7, 11) is 0. The number of hydrogen-bond donors (Lipinski definition) is 1. The number of aromatic carboxylic acids is 1. The number of carbonyl (C=O) groups is 1. The van der Waals surface area contributed by atoms with Gasteiger partial charge in [0.15, 0.2) is 0 Å². The van der Waals surface area contributed by atoms with Crippen molar-refractivity contribution < 1.29 is 9.90 Å². The summed E-state index contributed by atoms with van der Waals surface area (Å²) in [6, 6.07) is 5.82. The van der Waals surface area contributed by atoms with Gasteiger partial charge in [0.2, 0.25) is 0 Å². The molecule has 1 saturated carbocycles. The Morgan fingerprint density at radius 1 is 1.32 bits per heavy atom. The maximum atomic E-state index is 11.2. The van der Waals surface area contributed by atoms with Gasteiger partial charge in [0, 0.05) is 0 Å². The number of fused-ring (bicyclic) bond motifs is 5. The summed E-state index contributed by atoms with van der Waals surface area (Å²) in [6.07, 6.45) is 8.51. The van der Waals surface area contributed by atoms with E-state index >= 15 is 0 Å². The number of carboxylic acids is 1. The van der Waals surface area contributed by atoms with Crippen molar-refractivity contribution in [2.45, 2.75) is 51.9 Å². The molecule has 0 radical (unpaired) electrons. The molecule has 0 aromatic heterocycles. The van der Waals surface area contributed by atoms with Crippen molar-refractivity contribution in [3.05, 3.63) is 46.5 Å². The van der Waals surface area contributed by atoms with Crippen LogP contribution in [0.2, 0.25) is 0 Å². The van der Waals surface area contributed by atoms with E-state index in [2.05, 4.69) is 26.0 Å². The number of allylic oxidation sites excluding steroid dienone is 2. The highest BCUT2D eigenvalue weighted by Gasteiger charge is 2.50. The largest absolute Gasteiger partial charge is 0.478 e. The monoisotopic (exact) mass is 296 g/mol. The number of hydrogen-bond acceptors (Lipinski definition) is 1. The minimum absolute atomic E-state index is 0.416. The second-order valence-electron chi connectivity index (χ2n) is 7.71. The molecule has 0 bridgehead atoms. The molecule has 0 saturated heterocycles. The zero-order valence-corrected chi connectivity index (χ0v) is 13.4. The van der Waals surface area contributed by atoms with Crippen molar-refractivity contribution in [2.75, 3.05) is 0 Å². The van der Waals surface area contributed by atoms with Crippen molar-refractivity contribution in [3.63, 3.8) is 0 Å². The molecule has 0 heterocycles. The van der Waals surface area contributed by atoms with Crippen LogP contribution in [0.15, 0.2) is 29.8 Å². The fraction of sp³-hybridized carbons (Fsp3) is 0.550. The Kier molecular flexibility index (Phi) is 3.01. The molecular weight excluding hydrogens is 272 g/mol. The Morgan fingerprint density at radius 2 is 2.14 bits per heavy atom. The highest BCUT2D eigenvalue weighted by atomic mass is 16.4. The molecule has 0 unspecified atom stereocenters. The third-order valence-electron chi connectivity index (χ3n) is 6.94. The summed E-state index contributed by atoms with van der Waals surface area (Å²) in [5.41, 5.74) is 5.18. The summed E-state index contributed by atoms with van der Waals surface area (Å²) in [5, 5.41) is 9.20. The first kappa shape index (κ1) is 14.0. The Morgan fingerprint density at radius 3 is 2.91 bits per heavy atom. The van der Waals surface area contributed by atoms with E-state index in [-0.39, 0.29) is 0 Å². The van der Waals surface area contributed by atoms with Gasteiger partial charge in [-0.1, -0.05) is 24.6 Å². The molecule has 4 rings (SSSR count). The summed E-state index contributed by atoms with van der Waals surface area (Å²) in [5.74, 6) is 1.40. The van der Waals surface area contributed by atoms with E-state index in [1.165, 1.54) is 36.8 Å². The van der Waals surface area contributed by atoms with E-state index in [0.717, 1.165) is 18.3 Å². The Hall–Kier alpha value is -1.57. The lowest BCUT2D eigenvalue weighted by molar-refractivity contribution is 0.0694. The topological polar surface area (TPSA) is 37.3 Å². The Balaban J connectivity index is 1.69. The van der Waals surface area contributed by atoms with Gasteiger partial charge < -0.3 is 5.11 Å². The first-order valence-electron chi connectivity index (χ1n) is 8.54. The quantitative estimate of drug-likeness (QED) is 0.756. The normalized spacial score (nSPS) is 36.1. The lowest BCUT2D eigenvalue weighted by Crippen LogP contribution is -2.40. The van der Waals surface area contributed by atoms with Crippen LogP contribution in [-0.2, 0) is 6.42 Å². The van der Waals surface area contributed by atoms with Crippen LogP contribution in [0.4, 0.5) is 0 Å². The van der Waals surface area contributed by atoms with Crippen LogP contribution in [0.1, 0.15) is 66.9 Å². The molecule has 2 nitrogen and oxygen atoms in total. The van der Waals surface area contributed by atoms with E-state index in [0.29, 0.717) is 16.9 Å². The van der Waals surface area contributed by atoms with Crippen molar-refractivity contribution in [2.24, 2.45) is 17.3 Å². The number of rotatable bonds is 1. The molecule has 3 aliphatic carbocycles. The van der Waals surface area contributed by atoms with E-state index in [9.17, 15) is 9.90 Å².